The molecule has 3 aliphatic heterocycles. The molecule has 2 unspecified atom stereocenters. The Kier molecular flexibility index (Phi) is 4.21. The van der Waals surface area contributed by atoms with E-state index in [9.17, 15) is 0 Å². The molecule has 3 aliphatic rings. The molecule has 0 bridgehead atoms. The van der Waals surface area contributed by atoms with E-state index in [0.717, 1.165) is 43.4 Å². The fourth-order valence-electron chi connectivity index (χ4n) is 4.53. The Balaban J connectivity index is 1.32. The van der Waals surface area contributed by atoms with Gasteiger partial charge in [0, 0.05) is 24.6 Å². The van der Waals surface area contributed by atoms with E-state index in [1.54, 1.807) is 0 Å². The maximum absolute atomic E-state index is 5.98. The van der Waals surface area contributed by atoms with Crippen LogP contribution >= 0.6 is 0 Å². The Morgan fingerprint density at radius 1 is 0.846 bits per heavy atom. The number of likely N-dealkylation sites (tertiary alicyclic amines) is 1. The SMILES string of the molecule is c1ccc(C2CCN(CC3CCOc4c3ccc3c4OCCO3)C2)cc1. The first-order valence-corrected chi connectivity index (χ1v) is 9.71. The fraction of sp³-hybridized carbons (Fsp3) is 0.455. The number of hydrogen-bond acceptors (Lipinski definition) is 4. The van der Waals surface area contributed by atoms with Crippen LogP contribution in [0.25, 0.3) is 0 Å². The van der Waals surface area contributed by atoms with Crippen LogP contribution in [0.2, 0.25) is 0 Å². The molecule has 0 amide bonds. The molecule has 26 heavy (non-hydrogen) atoms. The van der Waals surface area contributed by atoms with E-state index in [4.69, 9.17) is 14.2 Å². The molecule has 4 heteroatoms. The van der Waals surface area contributed by atoms with E-state index in [1.165, 1.54) is 24.1 Å². The highest BCUT2D eigenvalue weighted by atomic mass is 16.6. The molecule has 3 heterocycles. The Bertz CT molecular complexity index is 776. The number of ether oxygens (including phenoxy) is 3. The van der Waals surface area contributed by atoms with Crippen molar-refractivity contribution in [3.05, 3.63) is 53.6 Å². The summed E-state index contributed by atoms with van der Waals surface area (Å²) < 4.78 is 17.5. The molecule has 0 aliphatic carbocycles. The summed E-state index contributed by atoms with van der Waals surface area (Å²) in [6.45, 7) is 5.40. The largest absolute Gasteiger partial charge is 0.489 e. The van der Waals surface area contributed by atoms with Crippen molar-refractivity contribution in [3.8, 4) is 17.2 Å². The van der Waals surface area contributed by atoms with Crippen LogP contribution in [0.1, 0.15) is 35.8 Å². The lowest BCUT2D eigenvalue weighted by atomic mass is 9.92. The first-order chi connectivity index (χ1) is 12.9. The van der Waals surface area contributed by atoms with Gasteiger partial charge in [0.1, 0.15) is 13.2 Å². The standard InChI is InChI=1S/C22H25NO3/c1-2-4-16(5-3-1)17-8-10-23(14-17)15-18-9-11-25-21-19(18)6-7-20-22(21)26-13-12-24-20/h1-7,17-18H,8-15H2. The van der Waals surface area contributed by atoms with Crippen LogP contribution < -0.4 is 14.2 Å². The Morgan fingerprint density at radius 3 is 2.62 bits per heavy atom. The zero-order chi connectivity index (χ0) is 17.3. The van der Waals surface area contributed by atoms with E-state index >= 15 is 0 Å². The van der Waals surface area contributed by atoms with Gasteiger partial charge >= 0.3 is 0 Å². The lowest BCUT2D eigenvalue weighted by molar-refractivity contribution is 0.154. The molecule has 0 radical (unpaired) electrons. The first-order valence-electron chi connectivity index (χ1n) is 9.71. The minimum Gasteiger partial charge on any atom is -0.489 e. The topological polar surface area (TPSA) is 30.9 Å². The van der Waals surface area contributed by atoms with Gasteiger partial charge in [0.2, 0.25) is 5.75 Å². The van der Waals surface area contributed by atoms with Gasteiger partial charge in [-0.25, -0.2) is 0 Å². The fourth-order valence-corrected chi connectivity index (χ4v) is 4.53. The monoisotopic (exact) mass is 351 g/mol. The predicted octanol–water partition coefficient (Wildman–Crippen LogP) is 3.81. The van der Waals surface area contributed by atoms with Crippen LogP contribution in [0.5, 0.6) is 17.2 Å². The summed E-state index contributed by atoms with van der Waals surface area (Å²) in [6, 6.07) is 15.2. The molecule has 136 valence electrons. The maximum Gasteiger partial charge on any atom is 0.203 e. The molecule has 0 saturated carbocycles. The minimum absolute atomic E-state index is 0.504. The smallest absolute Gasteiger partial charge is 0.203 e. The summed E-state index contributed by atoms with van der Waals surface area (Å²) >= 11 is 0. The van der Waals surface area contributed by atoms with Crippen molar-refractivity contribution in [1.29, 1.82) is 0 Å². The van der Waals surface area contributed by atoms with Crippen LogP contribution in [-0.4, -0.2) is 44.4 Å². The van der Waals surface area contributed by atoms with E-state index < -0.39 is 0 Å². The average Bonchev–Trinajstić information content (AvgIpc) is 3.17. The molecule has 1 saturated heterocycles. The van der Waals surface area contributed by atoms with E-state index in [2.05, 4.69) is 41.3 Å². The van der Waals surface area contributed by atoms with Gasteiger partial charge in [0.25, 0.3) is 0 Å². The van der Waals surface area contributed by atoms with Gasteiger partial charge in [-0.05, 0) is 36.9 Å². The molecule has 2 aromatic rings. The number of nitrogens with zero attached hydrogens (tertiary/aromatic N) is 1. The normalized spacial score (nSPS) is 24.8. The van der Waals surface area contributed by atoms with E-state index in [1.807, 2.05) is 6.07 Å². The van der Waals surface area contributed by atoms with Crippen molar-refractivity contribution in [2.24, 2.45) is 0 Å². The van der Waals surface area contributed by atoms with Crippen molar-refractivity contribution < 1.29 is 14.2 Å². The van der Waals surface area contributed by atoms with Gasteiger partial charge in [-0.15, -0.1) is 0 Å². The molecule has 0 N–H and O–H groups in total. The second-order valence-corrected chi connectivity index (χ2v) is 7.50. The molecule has 0 spiro atoms. The van der Waals surface area contributed by atoms with Crippen molar-refractivity contribution in [1.82, 2.24) is 4.90 Å². The highest BCUT2D eigenvalue weighted by Crippen LogP contribution is 2.47. The zero-order valence-electron chi connectivity index (χ0n) is 15.0. The third kappa shape index (κ3) is 2.92. The number of rotatable bonds is 3. The third-order valence-electron chi connectivity index (χ3n) is 5.87. The van der Waals surface area contributed by atoms with Crippen molar-refractivity contribution in [2.75, 3.05) is 39.5 Å². The van der Waals surface area contributed by atoms with Crippen LogP contribution in [0, 0.1) is 0 Å². The summed E-state index contributed by atoms with van der Waals surface area (Å²) in [4.78, 5) is 2.62. The molecular weight excluding hydrogens is 326 g/mol. The molecule has 5 rings (SSSR count). The second-order valence-electron chi connectivity index (χ2n) is 7.50. The predicted molar refractivity (Wildman–Crippen MR) is 101 cm³/mol. The van der Waals surface area contributed by atoms with Crippen LogP contribution in [0.15, 0.2) is 42.5 Å². The molecular formula is C22H25NO3. The highest BCUT2D eigenvalue weighted by molar-refractivity contribution is 5.58. The van der Waals surface area contributed by atoms with Crippen molar-refractivity contribution in [3.63, 3.8) is 0 Å². The van der Waals surface area contributed by atoms with Crippen LogP contribution in [0.4, 0.5) is 0 Å². The first kappa shape index (κ1) is 16.0. The molecule has 4 nitrogen and oxygen atoms in total. The summed E-state index contributed by atoms with van der Waals surface area (Å²) in [5.74, 6) is 3.71. The average molecular weight is 351 g/mol. The highest BCUT2D eigenvalue weighted by Gasteiger charge is 2.32. The Morgan fingerprint density at radius 2 is 1.69 bits per heavy atom. The third-order valence-corrected chi connectivity index (χ3v) is 5.87. The molecule has 1 fully saturated rings. The van der Waals surface area contributed by atoms with Gasteiger partial charge in [-0.2, -0.15) is 0 Å². The number of hydrogen-bond donors (Lipinski definition) is 0. The van der Waals surface area contributed by atoms with Gasteiger partial charge in [-0.1, -0.05) is 36.4 Å². The second kappa shape index (κ2) is 6.84. The van der Waals surface area contributed by atoms with E-state index in [0.29, 0.717) is 25.0 Å². The van der Waals surface area contributed by atoms with Gasteiger partial charge < -0.3 is 19.1 Å². The van der Waals surface area contributed by atoms with Crippen molar-refractivity contribution >= 4 is 0 Å². The van der Waals surface area contributed by atoms with E-state index in [-0.39, 0.29) is 0 Å². The Hall–Kier alpha value is -2.20. The number of fused-ring (bicyclic) bond motifs is 3. The zero-order valence-corrected chi connectivity index (χ0v) is 15.0. The Labute approximate surface area is 154 Å². The van der Waals surface area contributed by atoms with Gasteiger partial charge in [0.15, 0.2) is 11.5 Å². The molecule has 2 aromatic carbocycles. The number of benzene rings is 2. The van der Waals surface area contributed by atoms with Crippen LogP contribution in [0.3, 0.4) is 0 Å². The quantitative estimate of drug-likeness (QED) is 0.841. The summed E-state index contributed by atoms with van der Waals surface area (Å²) in [5, 5.41) is 0. The molecule has 2 atom stereocenters. The van der Waals surface area contributed by atoms with Crippen LogP contribution in [-0.2, 0) is 0 Å². The lowest BCUT2D eigenvalue weighted by Crippen LogP contribution is -2.29. The summed E-state index contributed by atoms with van der Waals surface area (Å²) in [5.41, 5.74) is 2.76. The minimum atomic E-state index is 0.504. The molecule has 0 aromatic heterocycles. The van der Waals surface area contributed by atoms with Crippen molar-refractivity contribution in [2.45, 2.75) is 24.7 Å². The van der Waals surface area contributed by atoms with Gasteiger partial charge in [-0.3, -0.25) is 0 Å². The van der Waals surface area contributed by atoms with Gasteiger partial charge in [0.05, 0.1) is 6.61 Å². The maximum atomic E-state index is 5.98. The lowest BCUT2D eigenvalue weighted by Gasteiger charge is -2.32. The summed E-state index contributed by atoms with van der Waals surface area (Å²) in [7, 11) is 0. The summed E-state index contributed by atoms with van der Waals surface area (Å²) in [6.07, 6.45) is 2.32.